The quantitative estimate of drug-likeness (QED) is 0.767. The molecule has 1 rings (SSSR count). The Morgan fingerprint density at radius 1 is 1.62 bits per heavy atom. The molecule has 1 amide bonds. The maximum absolute atomic E-state index is 10.6. The number of pyridine rings is 1. The summed E-state index contributed by atoms with van der Waals surface area (Å²) >= 11 is 0. The van der Waals surface area contributed by atoms with Gasteiger partial charge in [0.05, 0.1) is 7.11 Å². The highest BCUT2D eigenvalue weighted by Gasteiger charge is 1.96. The van der Waals surface area contributed by atoms with Crippen molar-refractivity contribution in [2.75, 3.05) is 13.7 Å². The maximum atomic E-state index is 10.6. The van der Waals surface area contributed by atoms with Crippen LogP contribution in [-0.4, -0.2) is 24.5 Å². The highest BCUT2D eigenvalue weighted by molar-refractivity contribution is 5.72. The molecule has 4 nitrogen and oxygen atoms in total. The van der Waals surface area contributed by atoms with Gasteiger partial charge in [-0.2, -0.15) is 0 Å². The van der Waals surface area contributed by atoms with Crippen LogP contribution in [-0.2, 0) is 4.79 Å². The van der Waals surface area contributed by atoms with Gasteiger partial charge in [-0.15, -0.1) is 0 Å². The Kier molecular flexibility index (Phi) is 5.05. The molecule has 0 aliphatic carbocycles. The Balaban J connectivity index is 2.46. The standard InChI is InChI=1S/C12H16N2O2/c1-10(15)14-7-4-3-5-11-9-13-8-6-12(11)16-2/h3,5-6,8-9H,4,7H2,1-2H3,(H,14,15). The third-order valence-electron chi connectivity index (χ3n) is 2.01. The van der Waals surface area contributed by atoms with Crippen LogP contribution < -0.4 is 10.1 Å². The molecule has 1 aromatic rings. The van der Waals surface area contributed by atoms with Crippen molar-refractivity contribution in [2.24, 2.45) is 0 Å². The molecule has 0 aliphatic heterocycles. The van der Waals surface area contributed by atoms with E-state index in [-0.39, 0.29) is 5.91 Å². The first kappa shape index (κ1) is 12.2. The van der Waals surface area contributed by atoms with Crippen molar-refractivity contribution < 1.29 is 9.53 Å². The molecule has 1 N–H and O–H groups in total. The molecule has 0 aromatic carbocycles. The minimum Gasteiger partial charge on any atom is -0.496 e. The largest absolute Gasteiger partial charge is 0.496 e. The molecule has 0 aliphatic rings. The summed E-state index contributed by atoms with van der Waals surface area (Å²) in [4.78, 5) is 14.6. The van der Waals surface area contributed by atoms with E-state index in [4.69, 9.17) is 4.74 Å². The van der Waals surface area contributed by atoms with Gasteiger partial charge in [0.25, 0.3) is 0 Å². The third-order valence-corrected chi connectivity index (χ3v) is 2.01. The highest BCUT2D eigenvalue weighted by Crippen LogP contribution is 2.17. The second-order valence-electron chi connectivity index (χ2n) is 3.29. The summed E-state index contributed by atoms with van der Waals surface area (Å²) in [6, 6.07) is 1.81. The zero-order valence-electron chi connectivity index (χ0n) is 9.56. The van der Waals surface area contributed by atoms with Gasteiger partial charge in [-0.05, 0) is 12.5 Å². The number of carbonyl (C=O) groups excluding carboxylic acids is 1. The van der Waals surface area contributed by atoms with E-state index in [2.05, 4.69) is 10.3 Å². The summed E-state index contributed by atoms with van der Waals surface area (Å²) in [6.07, 6.45) is 8.14. The molecule has 0 spiro atoms. The Morgan fingerprint density at radius 2 is 2.44 bits per heavy atom. The molecule has 4 heteroatoms. The molecular weight excluding hydrogens is 204 g/mol. The van der Waals surface area contributed by atoms with E-state index < -0.39 is 0 Å². The fourth-order valence-corrected chi connectivity index (χ4v) is 1.25. The van der Waals surface area contributed by atoms with E-state index in [9.17, 15) is 4.79 Å². The molecule has 0 unspecified atom stereocenters. The summed E-state index contributed by atoms with van der Waals surface area (Å²) in [7, 11) is 1.63. The van der Waals surface area contributed by atoms with Crippen molar-refractivity contribution in [1.29, 1.82) is 0 Å². The van der Waals surface area contributed by atoms with Crippen molar-refractivity contribution in [3.8, 4) is 5.75 Å². The summed E-state index contributed by atoms with van der Waals surface area (Å²) < 4.78 is 5.18. The lowest BCUT2D eigenvalue weighted by Crippen LogP contribution is -2.20. The smallest absolute Gasteiger partial charge is 0.216 e. The lowest BCUT2D eigenvalue weighted by molar-refractivity contribution is -0.118. The number of carbonyl (C=O) groups is 1. The van der Waals surface area contributed by atoms with Gasteiger partial charge in [0.15, 0.2) is 0 Å². The number of nitrogens with one attached hydrogen (secondary N) is 1. The first-order valence-corrected chi connectivity index (χ1v) is 5.13. The van der Waals surface area contributed by atoms with Gasteiger partial charge in [-0.25, -0.2) is 0 Å². The molecule has 1 heterocycles. The lowest BCUT2D eigenvalue weighted by Gasteiger charge is -2.02. The number of amides is 1. The van der Waals surface area contributed by atoms with Crippen molar-refractivity contribution >= 4 is 12.0 Å². The molecule has 0 radical (unpaired) electrons. The first-order valence-electron chi connectivity index (χ1n) is 5.13. The van der Waals surface area contributed by atoms with Gasteiger partial charge < -0.3 is 10.1 Å². The van der Waals surface area contributed by atoms with Crippen molar-refractivity contribution in [3.63, 3.8) is 0 Å². The van der Waals surface area contributed by atoms with E-state index >= 15 is 0 Å². The number of hydrogen-bond acceptors (Lipinski definition) is 3. The summed E-state index contributed by atoms with van der Waals surface area (Å²) in [5.74, 6) is 0.790. The number of ether oxygens (including phenoxy) is 1. The molecule has 0 saturated carbocycles. The molecule has 0 saturated heterocycles. The van der Waals surface area contributed by atoms with Crippen LogP contribution >= 0.6 is 0 Å². The average Bonchev–Trinajstić information content (AvgIpc) is 2.29. The fraction of sp³-hybridized carbons (Fsp3) is 0.333. The molecule has 16 heavy (non-hydrogen) atoms. The van der Waals surface area contributed by atoms with Crippen molar-refractivity contribution in [3.05, 3.63) is 30.1 Å². The normalized spacial score (nSPS) is 10.4. The maximum Gasteiger partial charge on any atom is 0.216 e. The van der Waals surface area contributed by atoms with Crippen LogP contribution in [0.4, 0.5) is 0 Å². The van der Waals surface area contributed by atoms with Crippen LogP contribution in [0.15, 0.2) is 24.5 Å². The SMILES string of the molecule is COc1ccncc1C=CCCNC(C)=O. The molecule has 1 aromatic heterocycles. The summed E-state index contributed by atoms with van der Waals surface area (Å²) in [6.45, 7) is 2.16. The predicted octanol–water partition coefficient (Wildman–Crippen LogP) is 1.63. The second-order valence-corrected chi connectivity index (χ2v) is 3.29. The lowest BCUT2D eigenvalue weighted by atomic mass is 10.2. The number of methoxy groups -OCH3 is 1. The van der Waals surface area contributed by atoms with Crippen LogP contribution in [0.1, 0.15) is 18.9 Å². The van der Waals surface area contributed by atoms with Crippen LogP contribution in [0.2, 0.25) is 0 Å². The molecule has 0 atom stereocenters. The third kappa shape index (κ3) is 4.13. The Morgan fingerprint density at radius 3 is 3.12 bits per heavy atom. The van der Waals surface area contributed by atoms with Gasteiger partial charge in [-0.1, -0.05) is 12.2 Å². The van der Waals surface area contributed by atoms with Crippen molar-refractivity contribution in [1.82, 2.24) is 10.3 Å². The molecular formula is C12H16N2O2. The van der Waals surface area contributed by atoms with E-state index in [1.165, 1.54) is 6.92 Å². The minimum atomic E-state index is -0.00708. The highest BCUT2D eigenvalue weighted by atomic mass is 16.5. The van der Waals surface area contributed by atoms with Crippen LogP contribution in [0, 0.1) is 0 Å². The zero-order chi connectivity index (χ0) is 11.8. The van der Waals surface area contributed by atoms with Crippen LogP contribution in [0.5, 0.6) is 5.75 Å². The zero-order valence-corrected chi connectivity index (χ0v) is 9.56. The number of aromatic nitrogens is 1. The molecule has 0 bridgehead atoms. The van der Waals surface area contributed by atoms with Gasteiger partial charge in [-0.3, -0.25) is 9.78 Å². The fourth-order valence-electron chi connectivity index (χ4n) is 1.25. The topological polar surface area (TPSA) is 51.2 Å². The number of rotatable bonds is 5. The van der Waals surface area contributed by atoms with Gasteiger partial charge in [0.1, 0.15) is 5.75 Å². The van der Waals surface area contributed by atoms with E-state index in [1.807, 2.05) is 18.2 Å². The van der Waals surface area contributed by atoms with E-state index in [0.29, 0.717) is 6.54 Å². The van der Waals surface area contributed by atoms with Crippen LogP contribution in [0.25, 0.3) is 6.08 Å². The molecule has 86 valence electrons. The van der Waals surface area contributed by atoms with E-state index in [0.717, 1.165) is 17.7 Å². The van der Waals surface area contributed by atoms with Gasteiger partial charge in [0, 0.05) is 31.4 Å². The number of nitrogens with zero attached hydrogens (tertiary/aromatic N) is 1. The average molecular weight is 220 g/mol. The second kappa shape index (κ2) is 6.61. The summed E-state index contributed by atoms with van der Waals surface area (Å²) in [5.41, 5.74) is 0.938. The van der Waals surface area contributed by atoms with Gasteiger partial charge >= 0.3 is 0 Å². The minimum absolute atomic E-state index is 0.00708. The monoisotopic (exact) mass is 220 g/mol. The van der Waals surface area contributed by atoms with Crippen LogP contribution in [0.3, 0.4) is 0 Å². The van der Waals surface area contributed by atoms with Crippen molar-refractivity contribution in [2.45, 2.75) is 13.3 Å². The Labute approximate surface area is 95.3 Å². The Hall–Kier alpha value is -1.84. The van der Waals surface area contributed by atoms with Gasteiger partial charge in [0.2, 0.25) is 5.91 Å². The number of hydrogen-bond donors (Lipinski definition) is 1. The predicted molar refractivity (Wildman–Crippen MR) is 63.1 cm³/mol. The summed E-state index contributed by atoms with van der Waals surface area (Å²) in [5, 5.41) is 2.72. The first-order chi connectivity index (χ1) is 7.74. The van der Waals surface area contributed by atoms with E-state index in [1.54, 1.807) is 19.5 Å². The Bertz CT molecular complexity index is 375. The molecule has 0 fully saturated rings.